The Kier molecular flexibility index (Phi) is 3.79. The van der Waals surface area contributed by atoms with E-state index in [0.717, 1.165) is 34.9 Å². The van der Waals surface area contributed by atoms with Gasteiger partial charge in [0.2, 0.25) is 0 Å². The molecule has 3 heterocycles. The quantitative estimate of drug-likeness (QED) is 0.647. The normalized spacial score (nSPS) is 20.3. The number of guanidine groups is 1. The highest BCUT2D eigenvalue weighted by molar-refractivity contribution is 9.10. The third-order valence-corrected chi connectivity index (χ3v) is 5.73. The van der Waals surface area contributed by atoms with Crippen LogP contribution in [0.1, 0.15) is 31.4 Å². The van der Waals surface area contributed by atoms with Gasteiger partial charge in [0, 0.05) is 37.0 Å². The van der Waals surface area contributed by atoms with Crippen molar-refractivity contribution < 1.29 is 0 Å². The average Bonchev–Trinajstić information content (AvgIpc) is 3.11. The van der Waals surface area contributed by atoms with Crippen molar-refractivity contribution in [1.82, 2.24) is 19.6 Å². The van der Waals surface area contributed by atoms with Gasteiger partial charge in [-0.05, 0) is 52.7 Å². The van der Waals surface area contributed by atoms with Crippen LogP contribution in [0.4, 0.5) is 0 Å². The van der Waals surface area contributed by atoms with Crippen LogP contribution in [-0.4, -0.2) is 40.4 Å². The fraction of sp³-hybridized carbons (Fsp3) is 0.529. The van der Waals surface area contributed by atoms with Crippen LogP contribution in [-0.2, 0) is 6.54 Å². The molecule has 0 radical (unpaired) electrons. The molecule has 2 fully saturated rings. The lowest BCUT2D eigenvalue weighted by Crippen LogP contribution is -2.42. The smallest absolute Gasteiger partial charge is 0.193 e. The second-order valence-electron chi connectivity index (χ2n) is 6.77. The predicted molar refractivity (Wildman–Crippen MR) is 95.6 cm³/mol. The molecule has 0 amide bonds. The Morgan fingerprint density at radius 1 is 1.35 bits per heavy atom. The van der Waals surface area contributed by atoms with Crippen LogP contribution in [0.5, 0.6) is 0 Å². The van der Waals surface area contributed by atoms with Gasteiger partial charge < -0.3 is 14.6 Å². The standard InChI is InChI=1S/C17H22BrN5/c1-19-16(22-8-7-17(12-22)5-2-6-17)20-9-14-11-23-10-13(18)3-4-15(23)21-14/h3-4,10-11H,2,5-9,12H2,1H3,(H,19,20). The fourth-order valence-corrected chi connectivity index (χ4v) is 4.16. The summed E-state index contributed by atoms with van der Waals surface area (Å²) in [5.74, 6) is 1.01. The van der Waals surface area contributed by atoms with Gasteiger partial charge in [-0.2, -0.15) is 0 Å². The number of nitrogens with zero attached hydrogens (tertiary/aromatic N) is 4. The molecule has 2 aromatic heterocycles. The van der Waals surface area contributed by atoms with Crippen LogP contribution in [0, 0.1) is 5.41 Å². The number of nitrogens with one attached hydrogen (secondary N) is 1. The maximum atomic E-state index is 4.65. The third-order valence-electron chi connectivity index (χ3n) is 5.26. The Morgan fingerprint density at radius 2 is 2.22 bits per heavy atom. The van der Waals surface area contributed by atoms with Crippen molar-refractivity contribution in [3.8, 4) is 0 Å². The number of hydrogen-bond donors (Lipinski definition) is 1. The molecule has 4 rings (SSSR count). The number of hydrogen-bond acceptors (Lipinski definition) is 2. The van der Waals surface area contributed by atoms with E-state index in [1.54, 1.807) is 0 Å². The minimum Gasteiger partial charge on any atom is -0.351 e. The maximum absolute atomic E-state index is 4.65. The van der Waals surface area contributed by atoms with Crippen molar-refractivity contribution in [2.24, 2.45) is 10.4 Å². The van der Waals surface area contributed by atoms with E-state index in [-0.39, 0.29) is 0 Å². The lowest BCUT2D eigenvalue weighted by Gasteiger charge is -2.38. The summed E-state index contributed by atoms with van der Waals surface area (Å²) in [6.45, 7) is 2.98. The molecule has 0 unspecified atom stereocenters. The predicted octanol–water partition coefficient (Wildman–Crippen LogP) is 3.05. The van der Waals surface area contributed by atoms with Gasteiger partial charge in [0.25, 0.3) is 0 Å². The molecule has 1 spiro atoms. The first-order valence-corrected chi connectivity index (χ1v) is 9.06. The number of pyridine rings is 1. The molecule has 122 valence electrons. The second kappa shape index (κ2) is 5.82. The topological polar surface area (TPSA) is 44.9 Å². The van der Waals surface area contributed by atoms with Crippen LogP contribution in [0.3, 0.4) is 0 Å². The zero-order valence-electron chi connectivity index (χ0n) is 13.4. The zero-order chi connectivity index (χ0) is 15.9. The van der Waals surface area contributed by atoms with Crippen LogP contribution < -0.4 is 5.32 Å². The fourth-order valence-electron chi connectivity index (χ4n) is 3.81. The molecule has 1 saturated carbocycles. The van der Waals surface area contributed by atoms with Crippen LogP contribution in [0.25, 0.3) is 5.65 Å². The summed E-state index contributed by atoms with van der Waals surface area (Å²) >= 11 is 3.49. The monoisotopic (exact) mass is 375 g/mol. The van der Waals surface area contributed by atoms with Gasteiger partial charge >= 0.3 is 0 Å². The third kappa shape index (κ3) is 2.84. The summed E-state index contributed by atoms with van der Waals surface area (Å²) in [6, 6.07) is 4.03. The van der Waals surface area contributed by atoms with Gasteiger partial charge in [0.1, 0.15) is 5.65 Å². The average molecular weight is 376 g/mol. The first-order chi connectivity index (χ1) is 11.2. The summed E-state index contributed by atoms with van der Waals surface area (Å²) in [5, 5.41) is 3.48. The summed E-state index contributed by atoms with van der Waals surface area (Å²) in [4.78, 5) is 11.5. The summed E-state index contributed by atoms with van der Waals surface area (Å²) in [5.41, 5.74) is 2.59. The van der Waals surface area contributed by atoms with Gasteiger partial charge in [-0.1, -0.05) is 6.42 Å². The molecule has 2 aromatic rings. The molecular weight excluding hydrogens is 354 g/mol. The minimum atomic E-state index is 0.590. The van der Waals surface area contributed by atoms with E-state index in [4.69, 9.17) is 0 Å². The molecule has 5 nitrogen and oxygen atoms in total. The lowest BCUT2D eigenvalue weighted by molar-refractivity contribution is 0.151. The molecule has 23 heavy (non-hydrogen) atoms. The molecule has 6 heteroatoms. The molecule has 0 aromatic carbocycles. The molecule has 0 atom stereocenters. The van der Waals surface area contributed by atoms with E-state index in [9.17, 15) is 0 Å². The van der Waals surface area contributed by atoms with Gasteiger partial charge in [0.05, 0.1) is 12.2 Å². The van der Waals surface area contributed by atoms with E-state index in [0.29, 0.717) is 12.0 Å². The number of aromatic nitrogens is 2. The van der Waals surface area contributed by atoms with Gasteiger partial charge in [-0.3, -0.25) is 4.99 Å². The molecule has 1 saturated heterocycles. The van der Waals surface area contributed by atoms with Gasteiger partial charge in [-0.25, -0.2) is 4.98 Å². The Morgan fingerprint density at radius 3 is 2.91 bits per heavy atom. The van der Waals surface area contributed by atoms with Crippen molar-refractivity contribution in [3.05, 3.63) is 34.7 Å². The SMILES string of the molecule is CN=C(NCc1cn2cc(Br)ccc2n1)N1CCC2(CCC2)C1. The van der Waals surface area contributed by atoms with E-state index >= 15 is 0 Å². The van der Waals surface area contributed by atoms with E-state index in [2.05, 4.69) is 42.3 Å². The number of fused-ring (bicyclic) bond motifs is 1. The molecular formula is C17H22BrN5. The van der Waals surface area contributed by atoms with E-state index in [1.807, 2.05) is 29.8 Å². The number of rotatable bonds is 2. The Balaban J connectivity index is 1.42. The Hall–Kier alpha value is -1.56. The van der Waals surface area contributed by atoms with Crippen LogP contribution in [0.2, 0.25) is 0 Å². The van der Waals surface area contributed by atoms with Crippen molar-refractivity contribution in [2.45, 2.75) is 32.2 Å². The summed E-state index contributed by atoms with van der Waals surface area (Å²) < 4.78 is 3.10. The largest absolute Gasteiger partial charge is 0.351 e. The number of aliphatic imine (C=N–C) groups is 1. The van der Waals surface area contributed by atoms with E-state index in [1.165, 1.54) is 25.7 Å². The van der Waals surface area contributed by atoms with Crippen molar-refractivity contribution >= 4 is 27.5 Å². The summed E-state index contributed by atoms with van der Waals surface area (Å²) in [7, 11) is 1.87. The van der Waals surface area contributed by atoms with Crippen LogP contribution >= 0.6 is 15.9 Å². The van der Waals surface area contributed by atoms with Crippen molar-refractivity contribution in [3.63, 3.8) is 0 Å². The maximum Gasteiger partial charge on any atom is 0.193 e. The summed E-state index contributed by atoms with van der Waals surface area (Å²) in [6.07, 6.45) is 9.59. The lowest BCUT2D eigenvalue weighted by atomic mass is 9.68. The Bertz CT molecular complexity index is 747. The molecule has 1 aliphatic heterocycles. The molecule has 1 N–H and O–H groups in total. The molecule has 0 bridgehead atoms. The molecule has 1 aliphatic carbocycles. The number of likely N-dealkylation sites (tertiary alicyclic amines) is 1. The van der Waals surface area contributed by atoms with Crippen molar-refractivity contribution in [1.29, 1.82) is 0 Å². The highest BCUT2D eigenvalue weighted by Gasteiger charge is 2.43. The number of halogens is 1. The molecule has 2 aliphatic rings. The second-order valence-corrected chi connectivity index (χ2v) is 7.69. The highest BCUT2D eigenvalue weighted by Crippen LogP contribution is 2.47. The minimum absolute atomic E-state index is 0.590. The van der Waals surface area contributed by atoms with Gasteiger partial charge in [0.15, 0.2) is 5.96 Å². The van der Waals surface area contributed by atoms with Crippen LogP contribution in [0.15, 0.2) is 34.0 Å². The first-order valence-electron chi connectivity index (χ1n) is 8.26. The first kappa shape index (κ1) is 15.0. The van der Waals surface area contributed by atoms with E-state index < -0.39 is 0 Å². The van der Waals surface area contributed by atoms with Gasteiger partial charge in [-0.15, -0.1) is 0 Å². The number of imidazole rings is 1. The van der Waals surface area contributed by atoms with Crippen molar-refractivity contribution in [2.75, 3.05) is 20.1 Å². The Labute approximate surface area is 144 Å². The highest BCUT2D eigenvalue weighted by atomic mass is 79.9. The zero-order valence-corrected chi connectivity index (χ0v) is 15.0.